The molecule has 4 nitrogen and oxygen atoms in total. The molecule has 0 bridgehead atoms. The summed E-state index contributed by atoms with van der Waals surface area (Å²) in [6, 6.07) is 12.5. The van der Waals surface area contributed by atoms with Gasteiger partial charge in [0.05, 0.1) is 5.52 Å². The highest BCUT2D eigenvalue weighted by molar-refractivity contribution is 5.77. The molecular formula is C17H20N4. The van der Waals surface area contributed by atoms with Gasteiger partial charge in [0.15, 0.2) is 5.65 Å². The molecular weight excluding hydrogens is 260 g/mol. The van der Waals surface area contributed by atoms with Crippen molar-refractivity contribution in [1.29, 1.82) is 0 Å². The third-order valence-corrected chi connectivity index (χ3v) is 3.63. The van der Waals surface area contributed by atoms with Gasteiger partial charge in [-0.3, -0.25) is 0 Å². The van der Waals surface area contributed by atoms with Crippen LogP contribution in [0.3, 0.4) is 0 Å². The van der Waals surface area contributed by atoms with Crippen LogP contribution in [0.4, 0.5) is 5.82 Å². The van der Waals surface area contributed by atoms with Crippen molar-refractivity contribution in [2.75, 3.05) is 12.4 Å². The molecule has 3 rings (SSSR count). The van der Waals surface area contributed by atoms with Crippen LogP contribution in [0.25, 0.3) is 22.6 Å². The van der Waals surface area contributed by atoms with Gasteiger partial charge in [0.2, 0.25) is 0 Å². The Morgan fingerprint density at radius 2 is 1.67 bits per heavy atom. The summed E-state index contributed by atoms with van der Waals surface area (Å²) in [5.41, 5.74) is 4.24. The molecule has 4 heteroatoms. The highest BCUT2D eigenvalue weighted by Gasteiger charge is 2.14. The first-order valence-corrected chi connectivity index (χ1v) is 7.13. The zero-order valence-corrected chi connectivity index (χ0v) is 12.9. The van der Waals surface area contributed by atoms with Crippen LogP contribution in [-0.4, -0.2) is 22.0 Å². The molecule has 0 fully saturated rings. The maximum Gasteiger partial charge on any atom is 0.180 e. The van der Waals surface area contributed by atoms with Gasteiger partial charge in [-0.25, -0.2) is 9.97 Å². The lowest BCUT2D eigenvalue weighted by atomic mass is 9.87. The van der Waals surface area contributed by atoms with Gasteiger partial charge in [-0.2, -0.15) is 0 Å². The molecule has 2 N–H and O–H groups in total. The fourth-order valence-corrected chi connectivity index (χ4v) is 2.30. The zero-order valence-electron chi connectivity index (χ0n) is 12.9. The fraction of sp³-hybridized carbons (Fsp3) is 0.294. The van der Waals surface area contributed by atoms with Gasteiger partial charge in [0.25, 0.3) is 0 Å². The number of pyridine rings is 1. The van der Waals surface area contributed by atoms with Crippen LogP contribution >= 0.6 is 0 Å². The number of benzene rings is 1. The SMILES string of the molecule is CNc1ccc2[nH]c(-c3ccc(C(C)(C)C)cc3)nc2n1. The Balaban J connectivity index is 2.00. The molecule has 2 aromatic heterocycles. The van der Waals surface area contributed by atoms with E-state index in [-0.39, 0.29) is 5.41 Å². The summed E-state index contributed by atoms with van der Waals surface area (Å²) in [5, 5.41) is 3.03. The van der Waals surface area contributed by atoms with Crippen molar-refractivity contribution < 1.29 is 0 Å². The van der Waals surface area contributed by atoms with Crippen LogP contribution in [0.15, 0.2) is 36.4 Å². The number of hydrogen-bond acceptors (Lipinski definition) is 3. The molecule has 0 aliphatic rings. The first-order chi connectivity index (χ1) is 9.97. The van der Waals surface area contributed by atoms with Crippen LogP contribution in [0, 0.1) is 0 Å². The second kappa shape index (κ2) is 4.88. The number of nitrogens with zero attached hydrogens (tertiary/aromatic N) is 2. The third kappa shape index (κ3) is 2.61. The van der Waals surface area contributed by atoms with Crippen molar-refractivity contribution in [3.8, 4) is 11.4 Å². The molecule has 0 spiro atoms. The van der Waals surface area contributed by atoms with Crippen LogP contribution in [-0.2, 0) is 5.41 Å². The smallest absolute Gasteiger partial charge is 0.180 e. The second-order valence-electron chi connectivity index (χ2n) is 6.23. The van der Waals surface area contributed by atoms with Crippen molar-refractivity contribution >= 4 is 17.0 Å². The molecule has 2 heterocycles. The number of H-pyrrole nitrogens is 1. The number of aromatic nitrogens is 3. The van der Waals surface area contributed by atoms with Gasteiger partial charge in [-0.1, -0.05) is 45.0 Å². The number of anilines is 1. The van der Waals surface area contributed by atoms with Gasteiger partial charge >= 0.3 is 0 Å². The topological polar surface area (TPSA) is 53.6 Å². The van der Waals surface area contributed by atoms with E-state index >= 15 is 0 Å². The van der Waals surface area contributed by atoms with Gasteiger partial charge in [-0.15, -0.1) is 0 Å². The molecule has 0 unspecified atom stereocenters. The lowest BCUT2D eigenvalue weighted by Gasteiger charge is -2.18. The van der Waals surface area contributed by atoms with Crippen molar-refractivity contribution in [3.63, 3.8) is 0 Å². The monoisotopic (exact) mass is 280 g/mol. The number of hydrogen-bond donors (Lipinski definition) is 2. The molecule has 108 valence electrons. The van der Waals surface area contributed by atoms with Crippen molar-refractivity contribution in [1.82, 2.24) is 15.0 Å². The van der Waals surface area contributed by atoms with Gasteiger partial charge in [0.1, 0.15) is 11.6 Å². The maximum absolute atomic E-state index is 4.58. The number of rotatable bonds is 2. The maximum atomic E-state index is 4.58. The summed E-state index contributed by atoms with van der Waals surface area (Å²) in [5.74, 6) is 1.68. The Morgan fingerprint density at radius 1 is 0.952 bits per heavy atom. The lowest BCUT2D eigenvalue weighted by Crippen LogP contribution is -2.10. The quantitative estimate of drug-likeness (QED) is 0.747. The molecule has 0 aliphatic carbocycles. The highest BCUT2D eigenvalue weighted by atomic mass is 15.0. The van der Waals surface area contributed by atoms with Crippen molar-refractivity contribution in [2.45, 2.75) is 26.2 Å². The van der Waals surface area contributed by atoms with E-state index in [0.717, 1.165) is 28.4 Å². The lowest BCUT2D eigenvalue weighted by molar-refractivity contribution is 0.590. The normalized spacial score (nSPS) is 11.8. The van der Waals surface area contributed by atoms with Crippen molar-refractivity contribution in [2.24, 2.45) is 0 Å². The van der Waals surface area contributed by atoms with Crippen LogP contribution in [0.2, 0.25) is 0 Å². The molecule has 3 aromatic rings. The molecule has 21 heavy (non-hydrogen) atoms. The average molecular weight is 280 g/mol. The zero-order chi connectivity index (χ0) is 15.0. The third-order valence-electron chi connectivity index (χ3n) is 3.63. The van der Waals surface area contributed by atoms with E-state index in [1.807, 2.05) is 19.2 Å². The van der Waals surface area contributed by atoms with Crippen molar-refractivity contribution in [3.05, 3.63) is 42.0 Å². The number of fused-ring (bicyclic) bond motifs is 1. The molecule has 1 aromatic carbocycles. The summed E-state index contributed by atoms with van der Waals surface area (Å²) in [7, 11) is 1.85. The van der Waals surface area contributed by atoms with E-state index in [0.29, 0.717) is 0 Å². The van der Waals surface area contributed by atoms with Crippen LogP contribution in [0.1, 0.15) is 26.3 Å². The minimum atomic E-state index is 0.162. The Kier molecular flexibility index (Phi) is 3.16. The molecule has 0 atom stereocenters. The Hall–Kier alpha value is -2.36. The Bertz CT molecular complexity index is 764. The van der Waals surface area contributed by atoms with E-state index < -0.39 is 0 Å². The van der Waals surface area contributed by atoms with E-state index in [1.165, 1.54) is 5.56 Å². The summed E-state index contributed by atoms with van der Waals surface area (Å²) >= 11 is 0. The number of nitrogens with one attached hydrogen (secondary N) is 2. The average Bonchev–Trinajstić information content (AvgIpc) is 2.89. The molecule has 0 saturated carbocycles. The van der Waals surface area contributed by atoms with Gasteiger partial charge in [-0.05, 0) is 23.1 Å². The summed E-state index contributed by atoms with van der Waals surface area (Å²) < 4.78 is 0. The standard InChI is InChI=1S/C17H20N4/c1-17(2,3)12-7-5-11(6-8-12)15-19-13-9-10-14(18-4)20-16(13)21-15/h5-10H,1-4H3,(H2,18,19,20,21). The molecule has 0 amide bonds. The highest BCUT2D eigenvalue weighted by Crippen LogP contribution is 2.26. The minimum Gasteiger partial charge on any atom is -0.373 e. The number of imidazole rings is 1. The molecule has 0 radical (unpaired) electrons. The fourth-order valence-electron chi connectivity index (χ4n) is 2.30. The first-order valence-electron chi connectivity index (χ1n) is 7.13. The Morgan fingerprint density at radius 3 is 2.29 bits per heavy atom. The van der Waals surface area contributed by atoms with Crippen LogP contribution in [0.5, 0.6) is 0 Å². The van der Waals surface area contributed by atoms with Crippen LogP contribution < -0.4 is 5.32 Å². The summed E-state index contributed by atoms with van der Waals surface area (Å²) in [6.07, 6.45) is 0. The number of aromatic amines is 1. The van der Waals surface area contributed by atoms with Gasteiger partial charge < -0.3 is 10.3 Å². The van der Waals surface area contributed by atoms with Gasteiger partial charge in [0, 0.05) is 12.6 Å². The second-order valence-corrected chi connectivity index (χ2v) is 6.23. The first kappa shape index (κ1) is 13.6. The van der Waals surface area contributed by atoms with E-state index in [2.05, 4.69) is 65.3 Å². The van der Waals surface area contributed by atoms with E-state index in [9.17, 15) is 0 Å². The molecule has 0 aliphatic heterocycles. The molecule has 0 saturated heterocycles. The van der Waals surface area contributed by atoms with E-state index in [4.69, 9.17) is 0 Å². The summed E-state index contributed by atoms with van der Waals surface area (Å²) in [4.78, 5) is 12.3. The predicted octanol–water partition coefficient (Wildman–Crippen LogP) is 3.96. The minimum absolute atomic E-state index is 0.162. The predicted molar refractivity (Wildman–Crippen MR) is 87.6 cm³/mol. The largest absolute Gasteiger partial charge is 0.373 e. The summed E-state index contributed by atoms with van der Waals surface area (Å²) in [6.45, 7) is 6.64. The van der Waals surface area contributed by atoms with E-state index in [1.54, 1.807) is 0 Å². The Labute approximate surface area is 124 Å².